The number of benzene rings is 2. The fourth-order valence-corrected chi connectivity index (χ4v) is 4.12. The van der Waals surface area contributed by atoms with Gasteiger partial charge in [0.05, 0.1) is 26.1 Å². The molecule has 0 atom stereocenters. The average Bonchev–Trinajstić information content (AvgIpc) is 3.26. The van der Waals surface area contributed by atoms with E-state index in [1.54, 1.807) is 24.3 Å². The quantitative estimate of drug-likeness (QED) is 0.387. The Morgan fingerprint density at radius 3 is 1.40 bits per heavy atom. The predicted molar refractivity (Wildman–Crippen MR) is 129 cm³/mol. The summed E-state index contributed by atoms with van der Waals surface area (Å²) in [6, 6.07) is 14.4. The fourth-order valence-electron chi connectivity index (χ4n) is 4.12. The molecule has 180 valence electrons. The summed E-state index contributed by atoms with van der Waals surface area (Å²) in [5.74, 6) is -1.24. The van der Waals surface area contributed by atoms with Crippen LogP contribution in [0.25, 0.3) is 11.4 Å². The van der Waals surface area contributed by atoms with Gasteiger partial charge in [0, 0.05) is 53.2 Å². The van der Waals surface area contributed by atoms with E-state index in [1.165, 1.54) is 9.80 Å². The second-order valence-electron chi connectivity index (χ2n) is 8.19. The fraction of sp³-hybridized carbons (Fsp3) is 0.259. The number of esters is 2. The van der Waals surface area contributed by atoms with Crippen molar-refractivity contribution in [3.05, 3.63) is 83.9 Å². The van der Waals surface area contributed by atoms with E-state index in [9.17, 15) is 19.2 Å². The molecule has 8 nitrogen and oxygen atoms in total. The van der Waals surface area contributed by atoms with E-state index in [2.05, 4.69) is 13.2 Å². The van der Waals surface area contributed by atoms with Gasteiger partial charge in [-0.05, 0) is 12.1 Å². The van der Waals surface area contributed by atoms with Gasteiger partial charge in [0.15, 0.2) is 0 Å². The topological polar surface area (TPSA) is 93.2 Å². The minimum Gasteiger partial charge on any atom is -0.465 e. The minimum atomic E-state index is -0.446. The van der Waals surface area contributed by atoms with Crippen molar-refractivity contribution in [2.45, 2.75) is 19.3 Å². The number of carbonyl (C=O) groups excluding carboxylic acids is 4. The lowest BCUT2D eigenvalue weighted by atomic mass is 10.1. The molecule has 2 aromatic carbocycles. The van der Waals surface area contributed by atoms with Crippen molar-refractivity contribution in [3.63, 3.8) is 0 Å². The molecule has 0 saturated heterocycles. The van der Waals surface area contributed by atoms with Crippen molar-refractivity contribution in [2.75, 3.05) is 26.3 Å². The van der Waals surface area contributed by atoms with Crippen LogP contribution in [-0.4, -0.2) is 59.9 Å². The Morgan fingerprint density at radius 1 is 0.657 bits per heavy atom. The van der Waals surface area contributed by atoms with Crippen LogP contribution in [0.3, 0.4) is 0 Å². The number of fused-ring (bicyclic) bond motifs is 2. The summed E-state index contributed by atoms with van der Waals surface area (Å²) in [5, 5.41) is 0. The molecule has 2 amide bonds. The van der Waals surface area contributed by atoms with Crippen LogP contribution < -0.4 is 0 Å². The molecule has 0 N–H and O–H groups in total. The molecular weight excluding hydrogens is 448 g/mol. The van der Waals surface area contributed by atoms with Crippen molar-refractivity contribution >= 4 is 35.1 Å². The molecule has 4 rings (SSSR count). The smallest absolute Gasteiger partial charge is 0.307 e. The highest BCUT2D eigenvalue weighted by Crippen LogP contribution is 2.32. The van der Waals surface area contributed by atoms with Gasteiger partial charge in [-0.2, -0.15) is 0 Å². The molecule has 0 fully saturated rings. The van der Waals surface area contributed by atoms with Crippen LogP contribution in [0, 0.1) is 0 Å². The highest BCUT2D eigenvalue weighted by atomic mass is 16.5. The lowest BCUT2D eigenvalue weighted by molar-refractivity contribution is -0.146. The molecule has 2 aliphatic rings. The van der Waals surface area contributed by atoms with Gasteiger partial charge in [0.25, 0.3) is 11.8 Å². The number of amides is 2. The summed E-state index contributed by atoms with van der Waals surface area (Å²) < 4.78 is 10.3. The molecule has 2 aromatic rings. The molecule has 35 heavy (non-hydrogen) atoms. The maximum Gasteiger partial charge on any atom is 0.307 e. The van der Waals surface area contributed by atoms with Crippen LogP contribution in [0.5, 0.6) is 0 Å². The summed E-state index contributed by atoms with van der Waals surface area (Å²) in [5.41, 5.74) is 3.86. The van der Waals surface area contributed by atoms with E-state index in [0.717, 1.165) is 11.1 Å². The Bertz CT molecular complexity index is 1050. The van der Waals surface area contributed by atoms with Crippen LogP contribution in [0.2, 0.25) is 0 Å². The molecule has 2 heterocycles. The Hall–Kier alpha value is -4.20. The third kappa shape index (κ3) is 5.01. The molecule has 0 unspecified atom stereocenters. The first-order valence-corrected chi connectivity index (χ1v) is 11.4. The van der Waals surface area contributed by atoms with E-state index in [4.69, 9.17) is 9.47 Å². The zero-order chi connectivity index (χ0) is 24.9. The second kappa shape index (κ2) is 10.4. The highest BCUT2D eigenvalue weighted by Gasteiger charge is 2.31. The number of hydrogen-bond acceptors (Lipinski definition) is 6. The Kier molecular flexibility index (Phi) is 7.10. The Morgan fingerprint density at radius 2 is 1.03 bits per heavy atom. The number of carbonyl (C=O) groups is 4. The van der Waals surface area contributed by atoms with E-state index in [0.29, 0.717) is 28.9 Å². The first kappa shape index (κ1) is 23.9. The van der Waals surface area contributed by atoms with E-state index in [1.807, 2.05) is 24.3 Å². The second-order valence-corrected chi connectivity index (χ2v) is 8.19. The first-order valence-electron chi connectivity index (χ1n) is 11.4. The minimum absolute atomic E-state index is 0.0364. The maximum atomic E-state index is 12.5. The molecule has 0 radical (unpaired) electrons. The summed E-state index contributed by atoms with van der Waals surface area (Å²) in [7, 11) is 0. The van der Waals surface area contributed by atoms with Crippen molar-refractivity contribution in [1.29, 1.82) is 0 Å². The molecular formula is C27H26N2O6. The van der Waals surface area contributed by atoms with Crippen LogP contribution in [0.4, 0.5) is 0 Å². The standard InChI is InChI=1S/C27H26N2O6/c1-18-20-8-3-5-10-22(20)26(32)28(18)14-12-24(30)34-16-7-17-35-25(31)13-15-29-19(2)21-9-4-6-11-23(21)27(29)33/h3-6,8-11H,1-2,7,12-17H2. The maximum absolute atomic E-state index is 12.5. The van der Waals surface area contributed by atoms with Gasteiger partial charge in [-0.3, -0.25) is 19.2 Å². The third-order valence-corrected chi connectivity index (χ3v) is 5.97. The lowest BCUT2D eigenvalue weighted by Crippen LogP contribution is -2.26. The molecule has 0 spiro atoms. The van der Waals surface area contributed by atoms with Gasteiger partial charge in [-0.15, -0.1) is 0 Å². The molecule has 0 saturated carbocycles. The van der Waals surface area contributed by atoms with E-state index >= 15 is 0 Å². The van der Waals surface area contributed by atoms with Gasteiger partial charge in [-0.1, -0.05) is 49.6 Å². The van der Waals surface area contributed by atoms with Gasteiger partial charge in [0.1, 0.15) is 0 Å². The zero-order valence-corrected chi connectivity index (χ0v) is 19.3. The normalized spacial score (nSPS) is 14.3. The van der Waals surface area contributed by atoms with Crippen molar-refractivity contribution in [2.24, 2.45) is 0 Å². The number of ether oxygens (including phenoxy) is 2. The first-order chi connectivity index (χ1) is 16.9. The Labute approximate surface area is 203 Å². The van der Waals surface area contributed by atoms with Gasteiger partial charge >= 0.3 is 11.9 Å². The summed E-state index contributed by atoms with van der Waals surface area (Å²) in [6.07, 6.45) is 0.419. The highest BCUT2D eigenvalue weighted by molar-refractivity contribution is 6.09. The molecule has 8 heteroatoms. The predicted octanol–water partition coefficient (Wildman–Crippen LogP) is 3.50. The van der Waals surface area contributed by atoms with Gasteiger partial charge in [0.2, 0.25) is 0 Å². The van der Waals surface area contributed by atoms with E-state index in [-0.39, 0.29) is 51.0 Å². The van der Waals surface area contributed by atoms with Crippen LogP contribution >= 0.6 is 0 Å². The Balaban J connectivity index is 1.10. The van der Waals surface area contributed by atoms with Gasteiger partial charge < -0.3 is 19.3 Å². The van der Waals surface area contributed by atoms with Crippen molar-refractivity contribution in [1.82, 2.24) is 9.80 Å². The van der Waals surface area contributed by atoms with E-state index < -0.39 is 11.9 Å². The summed E-state index contributed by atoms with van der Waals surface area (Å²) >= 11 is 0. The molecule has 0 bridgehead atoms. The number of hydrogen-bond donors (Lipinski definition) is 0. The van der Waals surface area contributed by atoms with Crippen LogP contribution in [0.15, 0.2) is 61.7 Å². The average molecular weight is 475 g/mol. The molecule has 0 aliphatic carbocycles. The summed E-state index contributed by atoms with van der Waals surface area (Å²) in [6.45, 7) is 8.45. The van der Waals surface area contributed by atoms with Crippen molar-refractivity contribution < 1.29 is 28.7 Å². The summed E-state index contributed by atoms with van der Waals surface area (Å²) in [4.78, 5) is 51.9. The van der Waals surface area contributed by atoms with Crippen LogP contribution in [-0.2, 0) is 19.1 Å². The SMILES string of the molecule is C=C1c2ccccc2C(=O)N1CCC(=O)OCCCOC(=O)CCN1C(=C)c2ccccc2C1=O. The van der Waals surface area contributed by atoms with Crippen molar-refractivity contribution in [3.8, 4) is 0 Å². The zero-order valence-electron chi connectivity index (χ0n) is 19.3. The molecule has 2 aliphatic heterocycles. The largest absolute Gasteiger partial charge is 0.465 e. The molecule has 0 aromatic heterocycles. The third-order valence-electron chi connectivity index (χ3n) is 5.97. The number of nitrogens with zero attached hydrogens (tertiary/aromatic N) is 2. The number of rotatable bonds is 10. The van der Waals surface area contributed by atoms with Gasteiger partial charge in [-0.25, -0.2) is 0 Å². The van der Waals surface area contributed by atoms with Crippen LogP contribution in [0.1, 0.15) is 51.1 Å². The lowest BCUT2D eigenvalue weighted by Gasteiger charge is -2.17. The monoisotopic (exact) mass is 474 g/mol.